The highest BCUT2D eigenvalue weighted by atomic mass is 35.5. The second kappa shape index (κ2) is 5.26. The standard InChI is InChI=1S/C11H14ClFN2/c1-7(2)11(15-14)6-8-9(12)4-3-5-10(8)13/h3-5,11,15H,1,6,14H2,2H3. The van der Waals surface area contributed by atoms with Gasteiger partial charge in [0.15, 0.2) is 0 Å². The van der Waals surface area contributed by atoms with Gasteiger partial charge < -0.3 is 0 Å². The van der Waals surface area contributed by atoms with Gasteiger partial charge in [-0.3, -0.25) is 11.3 Å². The summed E-state index contributed by atoms with van der Waals surface area (Å²) in [5.41, 5.74) is 3.89. The summed E-state index contributed by atoms with van der Waals surface area (Å²) >= 11 is 5.90. The van der Waals surface area contributed by atoms with E-state index in [4.69, 9.17) is 17.4 Å². The first-order valence-corrected chi connectivity index (χ1v) is 4.98. The van der Waals surface area contributed by atoms with E-state index < -0.39 is 0 Å². The molecule has 4 heteroatoms. The van der Waals surface area contributed by atoms with Crippen molar-refractivity contribution in [1.29, 1.82) is 0 Å². The van der Waals surface area contributed by atoms with E-state index in [1.165, 1.54) is 6.07 Å². The molecule has 0 radical (unpaired) electrons. The Bertz CT molecular complexity index is 345. The molecular formula is C11H14ClFN2. The molecule has 0 amide bonds. The fourth-order valence-electron chi connectivity index (χ4n) is 1.31. The molecule has 1 unspecified atom stereocenters. The van der Waals surface area contributed by atoms with E-state index in [9.17, 15) is 4.39 Å². The number of nitrogens with two attached hydrogens (primary N) is 1. The molecule has 82 valence electrons. The normalized spacial score (nSPS) is 12.5. The van der Waals surface area contributed by atoms with Crippen LogP contribution in [0.2, 0.25) is 5.02 Å². The Balaban J connectivity index is 2.92. The number of halogens is 2. The average molecular weight is 229 g/mol. The van der Waals surface area contributed by atoms with E-state index in [1.807, 2.05) is 6.92 Å². The molecule has 15 heavy (non-hydrogen) atoms. The molecule has 0 aromatic heterocycles. The maximum absolute atomic E-state index is 13.4. The highest BCUT2D eigenvalue weighted by Gasteiger charge is 2.13. The van der Waals surface area contributed by atoms with Crippen LogP contribution >= 0.6 is 11.6 Å². The van der Waals surface area contributed by atoms with Crippen molar-refractivity contribution < 1.29 is 4.39 Å². The number of hydrazine groups is 1. The molecule has 1 atom stereocenters. The maximum atomic E-state index is 13.4. The van der Waals surface area contributed by atoms with Crippen molar-refractivity contribution in [2.45, 2.75) is 19.4 Å². The van der Waals surface area contributed by atoms with Crippen molar-refractivity contribution in [2.24, 2.45) is 5.84 Å². The fraction of sp³-hybridized carbons (Fsp3) is 0.273. The molecule has 2 nitrogen and oxygen atoms in total. The van der Waals surface area contributed by atoms with Gasteiger partial charge >= 0.3 is 0 Å². The molecule has 0 spiro atoms. The van der Waals surface area contributed by atoms with Crippen LogP contribution in [-0.2, 0) is 6.42 Å². The highest BCUT2D eigenvalue weighted by Crippen LogP contribution is 2.21. The Morgan fingerprint density at radius 1 is 1.67 bits per heavy atom. The van der Waals surface area contributed by atoms with Gasteiger partial charge in [0.05, 0.1) is 0 Å². The number of hydrogen-bond donors (Lipinski definition) is 2. The summed E-state index contributed by atoms with van der Waals surface area (Å²) in [6.07, 6.45) is 0.400. The van der Waals surface area contributed by atoms with Crippen LogP contribution in [0, 0.1) is 5.82 Å². The summed E-state index contributed by atoms with van der Waals surface area (Å²) < 4.78 is 13.4. The van der Waals surface area contributed by atoms with Crippen LogP contribution in [0.4, 0.5) is 4.39 Å². The molecule has 0 bridgehead atoms. The van der Waals surface area contributed by atoms with Gasteiger partial charge in [-0.25, -0.2) is 4.39 Å². The molecule has 0 saturated heterocycles. The van der Waals surface area contributed by atoms with Crippen LogP contribution in [0.15, 0.2) is 30.4 Å². The minimum absolute atomic E-state index is 0.167. The Morgan fingerprint density at radius 3 is 2.80 bits per heavy atom. The highest BCUT2D eigenvalue weighted by molar-refractivity contribution is 6.31. The van der Waals surface area contributed by atoms with E-state index in [1.54, 1.807) is 12.1 Å². The third-order valence-corrected chi connectivity index (χ3v) is 2.62. The zero-order valence-corrected chi connectivity index (χ0v) is 9.31. The van der Waals surface area contributed by atoms with Crippen molar-refractivity contribution >= 4 is 11.6 Å². The Labute approximate surface area is 93.9 Å². The predicted molar refractivity (Wildman–Crippen MR) is 61.0 cm³/mol. The van der Waals surface area contributed by atoms with Gasteiger partial charge in [-0.05, 0) is 25.5 Å². The lowest BCUT2D eigenvalue weighted by atomic mass is 10.0. The van der Waals surface area contributed by atoms with E-state index in [0.717, 1.165) is 5.57 Å². The van der Waals surface area contributed by atoms with Crippen molar-refractivity contribution in [1.82, 2.24) is 5.43 Å². The number of hydrogen-bond acceptors (Lipinski definition) is 2. The molecule has 3 N–H and O–H groups in total. The smallest absolute Gasteiger partial charge is 0.127 e. The quantitative estimate of drug-likeness (QED) is 0.472. The monoisotopic (exact) mass is 228 g/mol. The minimum Gasteiger partial charge on any atom is -0.271 e. The Morgan fingerprint density at radius 2 is 2.33 bits per heavy atom. The predicted octanol–water partition coefficient (Wildman–Crippen LogP) is 2.43. The average Bonchev–Trinajstić information content (AvgIpc) is 2.17. The van der Waals surface area contributed by atoms with E-state index in [0.29, 0.717) is 17.0 Å². The molecular weight excluding hydrogens is 215 g/mol. The molecule has 0 heterocycles. The Kier molecular flexibility index (Phi) is 4.27. The lowest BCUT2D eigenvalue weighted by Crippen LogP contribution is -2.37. The summed E-state index contributed by atoms with van der Waals surface area (Å²) in [4.78, 5) is 0. The third kappa shape index (κ3) is 3.02. The van der Waals surface area contributed by atoms with Crippen molar-refractivity contribution in [3.05, 3.63) is 46.8 Å². The summed E-state index contributed by atoms with van der Waals surface area (Å²) in [6.45, 7) is 5.61. The largest absolute Gasteiger partial charge is 0.271 e. The van der Waals surface area contributed by atoms with Gasteiger partial charge in [0.2, 0.25) is 0 Å². The van der Waals surface area contributed by atoms with Crippen LogP contribution in [-0.4, -0.2) is 6.04 Å². The lowest BCUT2D eigenvalue weighted by Gasteiger charge is -2.16. The van der Waals surface area contributed by atoms with Crippen LogP contribution < -0.4 is 11.3 Å². The topological polar surface area (TPSA) is 38.0 Å². The second-order valence-corrected chi connectivity index (χ2v) is 3.88. The van der Waals surface area contributed by atoms with E-state index in [2.05, 4.69) is 12.0 Å². The molecule has 0 aliphatic rings. The van der Waals surface area contributed by atoms with Gasteiger partial charge in [0, 0.05) is 16.6 Å². The van der Waals surface area contributed by atoms with Gasteiger partial charge in [0.25, 0.3) is 0 Å². The van der Waals surface area contributed by atoms with Crippen LogP contribution in [0.25, 0.3) is 0 Å². The van der Waals surface area contributed by atoms with Crippen LogP contribution in [0.1, 0.15) is 12.5 Å². The Hall–Kier alpha value is -0.900. The van der Waals surface area contributed by atoms with E-state index >= 15 is 0 Å². The SMILES string of the molecule is C=C(C)C(Cc1c(F)cccc1Cl)NN. The summed E-state index contributed by atoms with van der Waals surface area (Å²) in [6, 6.07) is 4.45. The van der Waals surface area contributed by atoms with Gasteiger partial charge in [-0.1, -0.05) is 29.8 Å². The number of benzene rings is 1. The third-order valence-electron chi connectivity index (χ3n) is 2.27. The fourth-order valence-corrected chi connectivity index (χ4v) is 1.55. The molecule has 0 fully saturated rings. The van der Waals surface area contributed by atoms with Crippen LogP contribution in [0.3, 0.4) is 0 Å². The van der Waals surface area contributed by atoms with Crippen molar-refractivity contribution in [3.63, 3.8) is 0 Å². The first kappa shape index (κ1) is 12.2. The van der Waals surface area contributed by atoms with Crippen molar-refractivity contribution in [2.75, 3.05) is 0 Å². The second-order valence-electron chi connectivity index (χ2n) is 3.47. The first-order chi connectivity index (χ1) is 7.06. The summed E-state index contributed by atoms with van der Waals surface area (Å²) in [5, 5.41) is 0.413. The van der Waals surface area contributed by atoms with Gasteiger partial charge in [-0.15, -0.1) is 0 Å². The van der Waals surface area contributed by atoms with Gasteiger partial charge in [0.1, 0.15) is 5.82 Å². The van der Waals surface area contributed by atoms with Gasteiger partial charge in [-0.2, -0.15) is 0 Å². The lowest BCUT2D eigenvalue weighted by molar-refractivity contribution is 0.557. The summed E-state index contributed by atoms with van der Waals surface area (Å²) in [5.74, 6) is 5.03. The number of nitrogens with one attached hydrogen (secondary N) is 1. The van der Waals surface area contributed by atoms with E-state index in [-0.39, 0.29) is 11.9 Å². The maximum Gasteiger partial charge on any atom is 0.127 e. The minimum atomic E-state index is -0.316. The molecule has 1 aromatic rings. The van der Waals surface area contributed by atoms with Crippen molar-refractivity contribution in [3.8, 4) is 0 Å². The molecule has 1 aromatic carbocycles. The molecule has 1 rings (SSSR count). The zero-order chi connectivity index (χ0) is 11.4. The molecule has 0 aliphatic carbocycles. The molecule has 0 aliphatic heterocycles. The van der Waals surface area contributed by atoms with Crippen LogP contribution in [0.5, 0.6) is 0 Å². The summed E-state index contributed by atoms with van der Waals surface area (Å²) in [7, 11) is 0. The first-order valence-electron chi connectivity index (χ1n) is 4.60. The number of rotatable bonds is 4. The zero-order valence-electron chi connectivity index (χ0n) is 8.56. The molecule has 0 saturated carbocycles.